The number of hydrogen-bond acceptors (Lipinski definition) is 4. The lowest BCUT2D eigenvalue weighted by molar-refractivity contribution is 0.0793. The lowest BCUT2D eigenvalue weighted by atomic mass is 10.0. The van der Waals surface area contributed by atoms with E-state index in [-0.39, 0.29) is 11.9 Å². The first-order valence-electron chi connectivity index (χ1n) is 6.09. The molecule has 1 aromatic rings. The van der Waals surface area contributed by atoms with Gasteiger partial charge in [-0.2, -0.15) is 0 Å². The second-order valence-corrected chi connectivity index (χ2v) is 5.69. The quantitative estimate of drug-likeness (QED) is 0.862. The van der Waals surface area contributed by atoms with Crippen molar-refractivity contribution in [3.63, 3.8) is 0 Å². The van der Waals surface area contributed by atoms with E-state index in [2.05, 4.69) is 13.8 Å². The van der Waals surface area contributed by atoms with Gasteiger partial charge < -0.3 is 15.4 Å². The maximum Gasteiger partial charge on any atom is 0.263 e. The van der Waals surface area contributed by atoms with Crippen LogP contribution in [0.1, 0.15) is 29.9 Å². The first-order valence-corrected chi connectivity index (χ1v) is 6.97. The number of thiophene rings is 1. The van der Waals surface area contributed by atoms with Gasteiger partial charge in [0, 0.05) is 31.1 Å². The third-order valence-electron chi connectivity index (χ3n) is 3.02. The van der Waals surface area contributed by atoms with Crippen LogP contribution in [0, 0.1) is 5.92 Å². The predicted octanol–water partition coefficient (Wildman–Crippen LogP) is 2.20. The van der Waals surface area contributed by atoms with Crippen LogP contribution in [0.5, 0.6) is 5.75 Å². The van der Waals surface area contributed by atoms with Crippen LogP contribution < -0.4 is 10.5 Å². The molecule has 2 N–H and O–H groups in total. The lowest BCUT2D eigenvalue weighted by Crippen LogP contribution is -2.34. The summed E-state index contributed by atoms with van der Waals surface area (Å²) in [6.45, 7) is 4.87. The van der Waals surface area contributed by atoms with Crippen molar-refractivity contribution in [3.8, 4) is 5.75 Å². The Hall–Kier alpha value is -1.07. The standard InChI is InChI=1S/C13H22N2O2S/c1-9(2)11(14)5-6-15(3)13(16)12-7-10(17-4)8-18-12/h7-9,11H,5-6,14H2,1-4H3. The molecule has 1 aromatic heterocycles. The molecule has 102 valence electrons. The minimum Gasteiger partial charge on any atom is -0.496 e. The average Bonchev–Trinajstić information content (AvgIpc) is 2.82. The van der Waals surface area contributed by atoms with E-state index in [1.807, 2.05) is 12.4 Å². The molecule has 0 aliphatic rings. The summed E-state index contributed by atoms with van der Waals surface area (Å²) < 4.78 is 5.07. The van der Waals surface area contributed by atoms with Crippen molar-refractivity contribution in [2.75, 3.05) is 20.7 Å². The number of nitrogens with two attached hydrogens (primary N) is 1. The molecule has 0 spiro atoms. The summed E-state index contributed by atoms with van der Waals surface area (Å²) in [5, 5.41) is 1.83. The van der Waals surface area contributed by atoms with Crippen LogP contribution in [0.15, 0.2) is 11.4 Å². The Kier molecular flexibility index (Phi) is 5.62. The van der Waals surface area contributed by atoms with E-state index in [4.69, 9.17) is 10.5 Å². The van der Waals surface area contributed by atoms with Gasteiger partial charge in [-0.15, -0.1) is 11.3 Å². The van der Waals surface area contributed by atoms with E-state index in [0.717, 1.165) is 12.2 Å². The van der Waals surface area contributed by atoms with Crippen LogP contribution >= 0.6 is 11.3 Å². The molecule has 0 saturated heterocycles. The number of carbonyl (C=O) groups is 1. The molecule has 4 nitrogen and oxygen atoms in total. The van der Waals surface area contributed by atoms with Gasteiger partial charge in [0.05, 0.1) is 12.0 Å². The Morgan fingerprint density at radius 1 is 1.56 bits per heavy atom. The van der Waals surface area contributed by atoms with Crippen molar-refractivity contribution in [1.82, 2.24) is 4.90 Å². The Bertz CT molecular complexity index is 390. The van der Waals surface area contributed by atoms with Crippen LogP contribution in [-0.2, 0) is 0 Å². The normalized spacial score (nSPS) is 12.6. The zero-order valence-corrected chi connectivity index (χ0v) is 12.3. The van der Waals surface area contributed by atoms with Crippen LogP contribution in [0.4, 0.5) is 0 Å². The van der Waals surface area contributed by atoms with Crippen molar-refractivity contribution in [2.24, 2.45) is 11.7 Å². The van der Waals surface area contributed by atoms with Crippen LogP contribution in [0.2, 0.25) is 0 Å². The highest BCUT2D eigenvalue weighted by molar-refractivity contribution is 7.12. The van der Waals surface area contributed by atoms with Gasteiger partial charge in [-0.1, -0.05) is 13.8 Å². The van der Waals surface area contributed by atoms with Gasteiger partial charge in [0.2, 0.25) is 0 Å². The largest absolute Gasteiger partial charge is 0.496 e. The predicted molar refractivity (Wildman–Crippen MR) is 75.3 cm³/mol. The van der Waals surface area contributed by atoms with Gasteiger partial charge in [-0.25, -0.2) is 0 Å². The molecule has 5 heteroatoms. The minimum absolute atomic E-state index is 0.0271. The van der Waals surface area contributed by atoms with Crippen molar-refractivity contribution in [1.29, 1.82) is 0 Å². The fourth-order valence-electron chi connectivity index (χ4n) is 1.50. The highest BCUT2D eigenvalue weighted by atomic mass is 32.1. The molecule has 0 saturated carbocycles. The third kappa shape index (κ3) is 3.99. The van der Waals surface area contributed by atoms with Gasteiger partial charge in [-0.3, -0.25) is 4.79 Å². The Morgan fingerprint density at radius 3 is 2.72 bits per heavy atom. The summed E-state index contributed by atoms with van der Waals surface area (Å²) in [6, 6.07) is 1.91. The van der Waals surface area contributed by atoms with E-state index < -0.39 is 0 Å². The number of carbonyl (C=O) groups excluding carboxylic acids is 1. The first-order chi connectivity index (χ1) is 8.45. The summed E-state index contributed by atoms with van der Waals surface area (Å²) in [7, 11) is 3.41. The number of rotatable bonds is 6. The van der Waals surface area contributed by atoms with E-state index in [1.54, 1.807) is 18.1 Å². The average molecular weight is 270 g/mol. The molecular weight excluding hydrogens is 248 g/mol. The van der Waals surface area contributed by atoms with Crippen molar-refractivity contribution in [3.05, 3.63) is 16.3 Å². The van der Waals surface area contributed by atoms with Gasteiger partial charge in [-0.05, 0) is 12.3 Å². The van der Waals surface area contributed by atoms with E-state index in [9.17, 15) is 4.79 Å². The SMILES string of the molecule is COc1csc(C(=O)N(C)CCC(N)C(C)C)c1. The number of methoxy groups -OCH3 is 1. The minimum atomic E-state index is 0.0271. The number of amides is 1. The van der Waals surface area contributed by atoms with Gasteiger partial charge >= 0.3 is 0 Å². The van der Waals surface area contributed by atoms with E-state index in [0.29, 0.717) is 17.3 Å². The zero-order valence-electron chi connectivity index (χ0n) is 11.5. The zero-order chi connectivity index (χ0) is 13.7. The van der Waals surface area contributed by atoms with Gasteiger partial charge in [0.1, 0.15) is 5.75 Å². The molecule has 1 rings (SSSR count). The molecule has 1 unspecified atom stereocenters. The van der Waals surface area contributed by atoms with Crippen LogP contribution in [0.25, 0.3) is 0 Å². The summed E-state index contributed by atoms with van der Waals surface area (Å²) in [5.41, 5.74) is 5.97. The molecule has 0 aromatic carbocycles. The molecule has 0 bridgehead atoms. The monoisotopic (exact) mass is 270 g/mol. The van der Waals surface area contributed by atoms with Crippen LogP contribution in [0.3, 0.4) is 0 Å². The smallest absolute Gasteiger partial charge is 0.263 e. The van der Waals surface area contributed by atoms with Gasteiger partial charge in [0.25, 0.3) is 5.91 Å². The van der Waals surface area contributed by atoms with Crippen molar-refractivity contribution in [2.45, 2.75) is 26.3 Å². The van der Waals surface area contributed by atoms with E-state index in [1.165, 1.54) is 11.3 Å². The topological polar surface area (TPSA) is 55.6 Å². The Morgan fingerprint density at radius 2 is 2.22 bits per heavy atom. The fourth-order valence-corrected chi connectivity index (χ4v) is 2.35. The summed E-state index contributed by atoms with van der Waals surface area (Å²) in [6.07, 6.45) is 0.822. The highest BCUT2D eigenvalue weighted by Crippen LogP contribution is 2.22. The van der Waals surface area contributed by atoms with Crippen LogP contribution in [-0.4, -0.2) is 37.6 Å². The molecule has 0 fully saturated rings. The first kappa shape index (κ1) is 15.0. The summed E-state index contributed by atoms with van der Waals surface area (Å²) in [4.78, 5) is 14.5. The number of nitrogens with zero attached hydrogens (tertiary/aromatic N) is 1. The molecule has 1 atom stereocenters. The Labute approximate surface area is 113 Å². The Balaban J connectivity index is 2.51. The molecular formula is C13H22N2O2S. The molecule has 18 heavy (non-hydrogen) atoms. The maximum atomic E-state index is 12.1. The van der Waals surface area contributed by atoms with Crippen molar-refractivity contribution >= 4 is 17.2 Å². The summed E-state index contributed by atoms with van der Waals surface area (Å²) in [5.74, 6) is 1.20. The number of hydrogen-bond donors (Lipinski definition) is 1. The maximum absolute atomic E-state index is 12.1. The van der Waals surface area contributed by atoms with Crippen molar-refractivity contribution < 1.29 is 9.53 Å². The van der Waals surface area contributed by atoms with E-state index >= 15 is 0 Å². The molecule has 1 heterocycles. The number of ether oxygens (including phenoxy) is 1. The fraction of sp³-hybridized carbons (Fsp3) is 0.615. The third-order valence-corrected chi connectivity index (χ3v) is 3.92. The molecule has 0 radical (unpaired) electrons. The molecule has 0 aliphatic heterocycles. The second kappa shape index (κ2) is 6.75. The molecule has 0 aliphatic carbocycles. The lowest BCUT2D eigenvalue weighted by Gasteiger charge is -2.21. The summed E-state index contributed by atoms with van der Waals surface area (Å²) >= 11 is 1.40. The van der Waals surface area contributed by atoms with Gasteiger partial charge in [0.15, 0.2) is 0 Å². The highest BCUT2D eigenvalue weighted by Gasteiger charge is 2.16. The molecule has 1 amide bonds. The second-order valence-electron chi connectivity index (χ2n) is 4.77.